The molecule has 3 aromatic rings. The SMILES string of the molecule is CC(=O)Nc1ccc2nc(NC(=O)C(C)Oc3cccc(C)c3)sc2c1. The second-order valence-corrected chi connectivity index (χ2v) is 6.98. The first kappa shape index (κ1) is 17.9. The number of thiazole rings is 1. The van der Waals surface area contributed by atoms with Crippen LogP contribution in [0.5, 0.6) is 5.75 Å². The highest BCUT2D eigenvalue weighted by Crippen LogP contribution is 2.28. The molecule has 1 aromatic heterocycles. The molecule has 2 N–H and O–H groups in total. The van der Waals surface area contributed by atoms with Gasteiger partial charge in [0.05, 0.1) is 10.2 Å². The van der Waals surface area contributed by atoms with Crippen molar-refractivity contribution in [2.75, 3.05) is 10.6 Å². The second kappa shape index (κ2) is 7.53. The predicted molar refractivity (Wildman–Crippen MR) is 104 cm³/mol. The maximum Gasteiger partial charge on any atom is 0.266 e. The van der Waals surface area contributed by atoms with Crippen LogP contribution < -0.4 is 15.4 Å². The minimum absolute atomic E-state index is 0.135. The molecule has 0 saturated carbocycles. The summed E-state index contributed by atoms with van der Waals surface area (Å²) < 4.78 is 6.56. The van der Waals surface area contributed by atoms with Crippen molar-refractivity contribution >= 4 is 44.2 Å². The number of anilines is 2. The second-order valence-electron chi connectivity index (χ2n) is 5.95. The number of carbonyl (C=O) groups is 2. The molecule has 2 amide bonds. The Morgan fingerprint density at radius 2 is 1.96 bits per heavy atom. The number of aryl methyl sites for hydroxylation is 1. The molecule has 0 saturated heterocycles. The quantitative estimate of drug-likeness (QED) is 0.713. The predicted octanol–water partition coefficient (Wildman–Crippen LogP) is 3.97. The van der Waals surface area contributed by atoms with E-state index in [1.165, 1.54) is 18.3 Å². The molecule has 134 valence electrons. The van der Waals surface area contributed by atoms with Crippen LogP contribution in [0.4, 0.5) is 10.8 Å². The van der Waals surface area contributed by atoms with E-state index in [0.29, 0.717) is 16.6 Å². The Balaban J connectivity index is 1.69. The van der Waals surface area contributed by atoms with Crippen LogP contribution in [0.1, 0.15) is 19.4 Å². The Morgan fingerprint density at radius 3 is 2.69 bits per heavy atom. The van der Waals surface area contributed by atoms with E-state index >= 15 is 0 Å². The lowest BCUT2D eigenvalue weighted by atomic mass is 10.2. The molecule has 3 rings (SSSR count). The van der Waals surface area contributed by atoms with Gasteiger partial charge in [0.1, 0.15) is 5.75 Å². The van der Waals surface area contributed by atoms with Crippen LogP contribution in [0.15, 0.2) is 42.5 Å². The van der Waals surface area contributed by atoms with Gasteiger partial charge in [0.2, 0.25) is 5.91 Å². The molecule has 1 atom stereocenters. The molecule has 0 bridgehead atoms. The number of amides is 2. The maximum absolute atomic E-state index is 12.4. The van der Waals surface area contributed by atoms with Crippen molar-refractivity contribution in [1.29, 1.82) is 0 Å². The zero-order valence-corrected chi connectivity index (χ0v) is 15.5. The molecule has 7 heteroatoms. The highest BCUT2D eigenvalue weighted by Gasteiger charge is 2.17. The molecule has 1 heterocycles. The Morgan fingerprint density at radius 1 is 1.15 bits per heavy atom. The van der Waals surface area contributed by atoms with Gasteiger partial charge >= 0.3 is 0 Å². The standard InChI is InChI=1S/C19H19N3O3S/c1-11-5-4-6-15(9-11)25-12(2)18(24)22-19-21-16-8-7-14(20-13(3)23)10-17(16)26-19/h4-10,12H,1-3H3,(H,20,23)(H,21,22,24). The third-order valence-electron chi connectivity index (χ3n) is 3.61. The van der Waals surface area contributed by atoms with Crippen LogP contribution >= 0.6 is 11.3 Å². The average Bonchev–Trinajstić information content (AvgIpc) is 2.95. The number of aromatic nitrogens is 1. The number of hydrogen-bond acceptors (Lipinski definition) is 5. The third kappa shape index (κ3) is 4.37. The fraction of sp³-hybridized carbons (Fsp3) is 0.211. The molecule has 0 radical (unpaired) electrons. The summed E-state index contributed by atoms with van der Waals surface area (Å²) in [6.07, 6.45) is -0.654. The molecular formula is C19H19N3O3S. The van der Waals surface area contributed by atoms with E-state index in [9.17, 15) is 9.59 Å². The number of hydrogen-bond donors (Lipinski definition) is 2. The zero-order chi connectivity index (χ0) is 18.7. The molecular weight excluding hydrogens is 350 g/mol. The van der Waals surface area contributed by atoms with Gasteiger partial charge in [0.25, 0.3) is 5.91 Å². The Labute approximate surface area is 155 Å². The Kier molecular flexibility index (Phi) is 5.18. The molecule has 0 fully saturated rings. The summed E-state index contributed by atoms with van der Waals surface area (Å²) in [6, 6.07) is 13.0. The first-order valence-corrected chi connectivity index (χ1v) is 8.95. The number of rotatable bonds is 5. The highest BCUT2D eigenvalue weighted by atomic mass is 32.1. The Bertz CT molecular complexity index is 968. The van der Waals surface area contributed by atoms with Gasteiger partial charge in [-0.25, -0.2) is 4.98 Å². The van der Waals surface area contributed by atoms with Crippen molar-refractivity contribution < 1.29 is 14.3 Å². The van der Waals surface area contributed by atoms with E-state index in [0.717, 1.165) is 15.8 Å². The largest absolute Gasteiger partial charge is 0.481 e. The van der Waals surface area contributed by atoms with Crippen LogP contribution in [0.25, 0.3) is 10.2 Å². The van der Waals surface area contributed by atoms with Crippen LogP contribution in [0.3, 0.4) is 0 Å². The van der Waals surface area contributed by atoms with E-state index in [-0.39, 0.29) is 11.8 Å². The third-order valence-corrected chi connectivity index (χ3v) is 4.54. The lowest BCUT2D eigenvalue weighted by Crippen LogP contribution is -2.30. The monoisotopic (exact) mass is 369 g/mol. The van der Waals surface area contributed by atoms with Crippen molar-refractivity contribution in [2.45, 2.75) is 26.9 Å². The summed E-state index contributed by atoms with van der Waals surface area (Å²) in [6.45, 7) is 5.12. The molecule has 0 aliphatic heterocycles. The fourth-order valence-electron chi connectivity index (χ4n) is 2.41. The van der Waals surface area contributed by atoms with Gasteiger partial charge in [-0.2, -0.15) is 0 Å². The van der Waals surface area contributed by atoms with E-state index < -0.39 is 6.10 Å². The van der Waals surface area contributed by atoms with Crippen LogP contribution in [-0.4, -0.2) is 22.9 Å². The van der Waals surface area contributed by atoms with Gasteiger partial charge in [0.15, 0.2) is 11.2 Å². The van der Waals surface area contributed by atoms with Crippen LogP contribution in [0, 0.1) is 6.92 Å². The minimum atomic E-state index is -0.654. The van der Waals surface area contributed by atoms with Gasteiger partial charge in [-0.05, 0) is 49.7 Å². The molecule has 1 unspecified atom stereocenters. The maximum atomic E-state index is 12.4. The zero-order valence-electron chi connectivity index (χ0n) is 14.7. The topological polar surface area (TPSA) is 80.3 Å². The molecule has 0 aliphatic rings. The number of nitrogens with zero attached hydrogens (tertiary/aromatic N) is 1. The average molecular weight is 369 g/mol. The van der Waals surface area contributed by atoms with Crippen molar-refractivity contribution in [3.05, 3.63) is 48.0 Å². The van der Waals surface area contributed by atoms with Gasteiger partial charge in [-0.1, -0.05) is 23.5 Å². The first-order valence-electron chi connectivity index (χ1n) is 8.13. The van der Waals surface area contributed by atoms with E-state index in [1.54, 1.807) is 19.1 Å². The van der Waals surface area contributed by atoms with Crippen molar-refractivity contribution in [1.82, 2.24) is 4.98 Å². The number of nitrogens with one attached hydrogen (secondary N) is 2. The summed E-state index contributed by atoms with van der Waals surface area (Å²) >= 11 is 1.34. The van der Waals surface area contributed by atoms with Gasteiger partial charge in [-0.3, -0.25) is 14.9 Å². The summed E-state index contributed by atoms with van der Waals surface area (Å²) in [4.78, 5) is 27.9. The lowest BCUT2D eigenvalue weighted by molar-refractivity contribution is -0.122. The molecule has 0 spiro atoms. The summed E-state index contributed by atoms with van der Waals surface area (Å²) in [5, 5.41) is 6.00. The lowest BCUT2D eigenvalue weighted by Gasteiger charge is -2.13. The smallest absolute Gasteiger partial charge is 0.266 e. The number of ether oxygens (including phenoxy) is 1. The molecule has 26 heavy (non-hydrogen) atoms. The summed E-state index contributed by atoms with van der Waals surface area (Å²) in [5.74, 6) is 0.244. The highest BCUT2D eigenvalue weighted by molar-refractivity contribution is 7.22. The van der Waals surface area contributed by atoms with Crippen molar-refractivity contribution in [3.8, 4) is 5.75 Å². The molecule has 0 aliphatic carbocycles. The van der Waals surface area contributed by atoms with Crippen molar-refractivity contribution in [3.63, 3.8) is 0 Å². The van der Waals surface area contributed by atoms with Crippen molar-refractivity contribution in [2.24, 2.45) is 0 Å². The molecule has 2 aromatic carbocycles. The molecule has 6 nitrogen and oxygen atoms in total. The van der Waals surface area contributed by atoms with E-state index in [4.69, 9.17) is 4.74 Å². The van der Waals surface area contributed by atoms with Crippen LogP contribution in [0.2, 0.25) is 0 Å². The van der Waals surface area contributed by atoms with Gasteiger partial charge in [-0.15, -0.1) is 0 Å². The minimum Gasteiger partial charge on any atom is -0.481 e. The van der Waals surface area contributed by atoms with E-state index in [2.05, 4.69) is 15.6 Å². The summed E-state index contributed by atoms with van der Waals surface area (Å²) in [5.41, 5.74) is 2.52. The van der Waals surface area contributed by atoms with Gasteiger partial charge in [0, 0.05) is 12.6 Å². The Hall–Kier alpha value is -2.93. The van der Waals surface area contributed by atoms with Crippen LogP contribution in [-0.2, 0) is 9.59 Å². The first-order chi connectivity index (χ1) is 12.4. The van der Waals surface area contributed by atoms with Gasteiger partial charge < -0.3 is 10.1 Å². The fourth-order valence-corrected chi connectivity index (χ4v) is 3.32. The van der Waals surface area contributed by atoms with E-state index in [1.807, 2.05) is 37.3 Å². The summed E-state index contributed by atoms with van der Waals surface area (Å²) in [7, 11) is 0. The number of benzene rings is 2. The number of carbonyl (C=O) groups excluding carboxylic acids is 2. The number of fused-ring (bicyclic) bond motifs is 1. The normalized spacial score (nSPS) is 11.8.